The van der Waals surface area contributed by atoms with Gasteiger partial charge in [-0.2, -0.15) is 0 Å². The SMILES string of the molecule is C[C@@H]1CNCCN1C(=O)c1ccncc1F.Cl.Cl. The molecule has 1 saturated heterocycles. The molecule has 0 saturated carbocycles. The van der Waals surface area contributed by atoms with E-state index in [1.165, 1.54) is 12.3 Å². The van der Waals surface area contributed by atoms with E-state index in [1.807, 2.05) is 6.92 Å². The standard InChI is InChI=1S/C11H14FN3O.2ClH/c1-8-6-14-4-5-15(8)11(16)9-2-3-13-7-10(9)12;;/h2-3,7-8,14H,4-6H2,1H3;2*1H/t8-;;/m1../s1. The van der Waals surface area contributed by atoms with Gasteiger partial charge in [0.15, 0.2) is 5.82 Å². The average Bonchev–Trinajstić information content (AvgIpc) is 2.29. The lowest BCUT2D eigenvalue weighted by Gasteiger charge is -2.34. The van der Waals surface area contributed by atoms with Gasteiger partial charge < -0.3 is 10.2 Å². The van der Waals surface area contributed by atoms with Crippen molar-refractivity contribution in [3.8, 4) is 0 Å². The number of rotatable bonds is 1. The van der Waals surface area contributed by atoms with E-state index in [2.05, 4.69) is 10.3 Å². The molecular formula is C11H16Cl2FN3O. The largest absolute Gasteiger partial charge is 0.333 e. The van der Waals surface area contributed by atoms with Crippen LogP contribution in [0, 0.1) is 5.82 Å². The highest BCUT2D eigenvalue weighted by atomic mass is 35.5. The van der Waals surface area contributed by atoms with Crippen molar-refractivity contribution in [2.24, 2.45) is 0 Å². The molecule has 4 nitrogen and oxygen atoms in total. The first-order valence-corrected chi connectivity index (χ1v) is 5.31. The first-order valence-electron chi connectivity index (χ1n) is 5.31. The molecule has 1 aromatic heterocycles. The van der Waals surface area contributed by atoms with Gasteiger partial charge >= 0.3 is 0 Å². The predicted molar refractivity (Wildman–Crippen MR) is 72.1 cm³/mol. The van der Waals surface area contributed by atoms with Crippen molar-refractivity contribution >= 4 is 30.7 Å². The minimum absolute atomic E-state index is 0. The fraction of sp³-hybridized carbons (Fsp3) is 0.455. The molecule has 0 radical (unpaired) electrons. The van der Waals surface area contributed by atoms with Crippen LogP contribution in [-0.2, 0) is 0 Å². The number of aromatic nitrogens is 1. The fourth-order valence-electron chi connectivity index (χ4n) is 1.85. The summed E-state index contributed by atoms with van der Waals surface area (Å²) in [6.45, 7) is 4.06. The Labute approximate surface area is 118 Å². The van der Waals surface area contributed by atoms with Gasteiger partial charge in [-0.15, -0.1) is 24.8 Å². The average molecular weight is 296 g/mol. The molecule has 1 aliphatic heterocycles. The molecule has 2 heterocycles. The Morgan fingerprint density at radius 2 is 2.28 bits per heavy atom. The van der Waals surface area contributed by atoms with E-state index in [9.17, 15) is 9.18 Å². The van der Waals surface area contributed by atoms with Crippen LogP contribution in [0.3, 0.4) is 0 Å². The number of hydrogen-bond acceptors (Lipinski definition) is 3. The Hall–Kier alpha value is -0.910. The molecule has 1 N–H and O–H groups in total. The van der Waals surface area contributed by atoms with Crippen molar-refractivity contribution in [2.45, 2.75) is 13.0 Å². The van der Waals surface area contributed by atoms with E-state index in [-0.39, 0.29) is 42.3 Å². The van der Waals surface area contributed by atoms with Gasteiger partial charge in [-0.25, -0.2) is 4.39 Å². The zero-order valence-electron chi connectivity index (χ0n) is 9.93. The summed E-state index contributed by atoms with van der Waals surface area (Å²) in [6, 6.07) is 1.51. The minimum atomic E-state index is -0.557. The number of pyridine rings is 1. The van der Waals surface area contributed by atoms with Crippen LogP contribution in [0.25, 0.3) is 0 Å². The molecule has 0 unspecified atom stereocenters. The van der Waals surface area contributed by atoms with Gasteiger partial charge in [0.2, 0.25) is 0 Å². The predicted octanol–water partition coefficient (Wildman–Crippen LogP) is 1.50. The smallest absolute Gasteiger partial charge is 0.257 e. The van der Waals surface area contributed by atoms with Gasteiger partial charge in [0.05, 0.1) is 11.8 Å². The van der Waals surface area contributed by atoms with Gasteiger partial charge in [0, 0.05) is 31.9 Å². The first-order chi connectivity index (χ1) is 7.70. The quantitative estimate of drug-likeness (QED) is 0.854. The number of halogens is 3. The molecule has 1 atom stereocenters. The first kappa shape index (κ1) is 17.1. The summed E-state index contributed by atoms with van der Waals surface area (Å²) in [7, 11) is 0. The molecule has 102 valence electrons. The Balaban J connectivity index is 0.00000144. The van der Waals surface area contributed by atoms with Crippen molar-refractivity contribution in [2.75, 3.05) is 19.6 Å². The third-order valence-electron chi connectivity index (χ3n) is 2.77. The Morgan fingerprint density at radius 1 is 1.56 bits per heavy atom. The zero-order valence-corrected chi connectivity index (χ0v) is 11.6. The molecular weight excluding hydrogens is 280 g/mol. The summed E-state index contributed by atoms with van der Waals surface area (Å²) >= 11 is 0. The maximum absolute atomic E-state index is 13.4. The number of amides is 1. The van der Waals surface area contributed by atoms with Crippen LogP contribution in [0.4, 0.5) is 4.39 Å². The second-order valence-corrected chi connectivity index (χ2v) is 3.91. The second kappa shape index (κ2) is 7.51. The van der Waals surface area contributed by atoms with E-state index in [0.29, 0.717) is 6.54 Å². The van der Waals surface area contributed by atoms with Gasteiger partial charge in [-0.1, -0.05) is 0 Å². The van der Waals surface area contributed by atoms with Crippen molar-refractivity contribution in [3.05, 3.63) is 29.8 Å². The highest BCUT2D eigenvalue weighted by Gasteiger charge is 2.25. The van der Waals surface area contributed by atoms with E-state index in [4.69, 9.17) is 0 Å². The topological polar surface area (TPSA) is 45.2 Å². The molecule has 1 aromatic rings. The molecule has 0 aromatic carbocycles. The molecule has 18 heavy (non-hydrogen) atoms. The lowest BCUT2D eigenvalue weighted by atomic mass is 10.1. The van der Waals surface area contributed by atoms with Crippen molar-refractivity contribution in [1.29, 1.82) is 0 Å². The van der Waals surface area contributed by atoms with E-state index in [1.54, 1.807) is 4.90 Å². The zero-order chi connectivity index (χ0) is 11.5. The Morgan fingerprint density at radius 3 is 2.89 bits per heavy atom. The van der Waals surface area contributed by atoms with Crippen molar-refractivity contribution < 1.29 is 9.18 Å². The number of nitrogens with zero attached hydrogens (tertiary/aromatic N) is 2. The van der Waals surface area contributed by atoms with Crippen LogP contribution < -0.4 is 5.32 Å². The Kier molecular flexibility index (Phi) is 7.13. The summed E-state index contributed by atoms with van der Waals surface area (Å²) in [5, 5.41) is 3.19. The number of carbonyl (C=O) groups excluding carboxylic acids is 1. The van der Waals surface area contributed by atoms with Crippen LogP contribution in [0.15, 0.2) is 18.5 Å². The summed E-state index contributed by atoms with van der Waals surface area (Å²) in [4.78, 5) is 17.4. The summed E-state index contributed by atoms with van der Waals surface area (Å²) < 4.78 is 13.4. The van der Waals surface area contributed by atoms with Gasteiger partial charge in [-0.3, -0.25) is 9.78 Å². The summed E-state index contributed by atoms with van der Waals surface area (Å²) in [5.74, 6) is -0.813. The molecule has 1 amide bonds. The number of piperazine rings is 1. The maximum Gasteiger partial charge on any atom is 0.257 e. The highest BCUT2D eigenvalue weighted by molar-refractivity contribution is 5.94. The van der Waals surface area contributed by atoms with Gasteiger partial charge in [0.25, 0.3) is 5.91 Å². The molecule has 2 rings (SSSR count). The van der Waals surface area contributed by atoms with Crippen LogP contribution in [0.2, 0.25) is 0 Å². The van der Waals surface area contributed by atoms with E-state index >= 15 is 0 Å². The van der Waals surface area contributed by atoms with Crippen molar-refractivity contribution in [3.63, 3.8) is 0 Å². The third-order valence-corrected chi connectivity index (χ3v) is 2.77. The lowest BCUT2D eigenvalue weighted by molar-refractivity contribution is 0.0651. The summed E-state index contributed by atoms with van der Waals surface area (Å²) in [6.07, 6.45) is 2.50. The van der Waals surface area contributed by atoms with Crippen LogP contribution >= 0.6 is 24.8 Å². The Bertz CT molecular complexity index is 406. The minimum Gasteiger partial charge on any atom is -0.333 e. The third kappa shape index (κ3) is 3.54. The van der Waals surface area contributed by atoms with E-state index in [0.717, 1.165) is 19.3 Å². The highest BCUT2D eigenvalue weighted by Crippen LogP contribution is 2.12. The second-order valence-electron chi connectivity index (χ2n) is 3.91. The monoisotopic (exact) mass is 295 g/mol. The molecule has 1 aliphatic rings. The number of carbonyl (C=O) groups is 1. The van der Waals surface area contributed by atoms with E-state index < -0.39 is 5.82 Å². The van der Waals surface area contributed by atoms with Crippen LogP contribution in [-0.4, -0.2) is 41.5 Å². The molecule has 0 bridgehead atoms. The summed E-state index contributed by atoms with van der Waals surface area (Å²) in [5.41, 5.74) is 0.101. The van der Waals surface area contributed by atoms with Crippen LogP contribution in [0.5, 0.6) is 0 Å². The van der Waals surface area contributed by atoms with Crippen LogP contribution in [0.1, 0.15) is 17.3 Å². The molecule has 1 fully saturated rings. The fourth-order valence-corrected chi connectivity index (χ4v) is 1.85. The van der Waals surface area contributed by atoms with Gasteiger partial charge in [0.1, 0.15) is 0 Å². The lowest BCUT2D eigenvalue weighted by Crippen LogP contribution is -2.52. The molecule has 7 heteroatoms. The van der Waals surface area contributed by atoms with Crippen molar-refractivity contribution in [1.82, 2.24) is 15.2 Å². The normalized spacial score (nSPS) is 18.6. The van der Waals surface area contributed by atoms with Gasteiger partial charge in [-0.05, 0) is 13.0 Å². The number of hydrogen-bond donors (Lipinski definition) is 1. The number of nitrogens with one attached hydrogen (secondary N) is 1. The molecule has 0 aliphatic carbocycles. The molecule has 0 spiro atoms. The maximum atomic E-state index is 13.4.